The molecule has 1 N–H and O–H groups in total. The molecule has 0 heterocycles. The minimum atomic E-state index is -0.178. The predicted molar refractivity (Wildman–Crippen MR) is 106 cm³/mol. The number of benzene rings is 1. The number of nitrogens with one attached hydrogen (secondary N) is 1. The van der Waals surface area contributed by atoms with Crippen molar-refractivity contribution in [1.82, 2.24) is 5.43 Å². The zero-order chi connectivity index (χ0) is 20.5. The van der Waals surface area contributed by atoms with Crippen LogP contribution < -0.4 is 10.2 Å². The Morgan fingerprint density at radius 3 is 1.81 bits per heavy atom. The molecule has 0 unspecified atom stereocenters. The number of amides is 1. The Balaban J connectivity index is 0. The summed E-state index contributed by atoms with van der Waals surface area (Å²) in [7, 11) is 3.26. The number of allylic oxidation sites excluding steroid dienone is 1. The maximum atomic E-state index is 10.6. The summed E-state index contributed by atoms with van der Waals surface area (Å²) in [4.78, 5) is 20.5. The van der Waals surface area contributed by atoms with E-state index in [9.17, 15) is 9.59 Å². The van der Waals surface area contributed by atoms with Crippen LogP contribution in [0.5, 0.6) is 5.75 Å². The largest absolute Gasteiger partial charge is 0.504 e. The highest BCUT2D eigenvalue weighted by molar-refractivity contribution is 5.99. The SMILES string of the molecule is CCC(C)=O.COC=C(C)C.COc1ccc(/C(C)=N/NC(C)=O)cc1. The maximum Gasteiger partial charge on any atom is 0.236 e. The van der Waals surface area contributed by atoms with Gasteiger partial charge in [0, 0.05) is 13.3 Å². The Labute approximate surface area is 157 Å². The van der Waals surface area contributed by atoms with Crippen molar-refractivity contribution in [3.05, 3.63) is 41.7 Å². The van der Waals surface area contributed by atoms with Gasteiger partial charge in [-0.1, -0.05) is 6.92 Å². The molecule has 1 aromatic carbocycles. The van der Waals surface area contributed by atoms with Crippen LogP contribution in [0.2, 0.25) is 0 Å². The quantitative estimate of drug-likeness (QED) is 0.485. The van der Waals surface area contributed by atoms with Crippen LogP contribution in [0.25, 0.3) is 0 Å². The Morgan fingerprint density at radius 2 is 1.54 bits per heavy atom. The molecule has 1 aromatic rings. The third kappa shape index (κ3) is 16.2. The second-order valence-electron chi connectivity index (χ2n) is 5.58. The van der Waals surface area contributed by atoms with Crippen molar-refractivity contribution in [1.29, 1.82) is 0 Å². The summed E-state index contributed by atoms with van der Waals surface area (Å²) >= 11 is 0. The monoisotopic (exact) mass is 364 g/mol. The minimum absolute atomic E-state index is 0.178. The summed E-state index contributed by atoms with van der Waals surface area (Å²) in [6.07, 6.45) is 2.38. The van der Waals surface area contributed by atoms with E-state index in [-0.39, 0.29) is 11.7 Å². The van der Waals surface area contributed by atoms with Gasteiger partial charge in [-0.15, -0.1) is 0 Å². The Kier molecular flexibility index (Phi) is 15.6. The molecule has 0 saturated heterocycles. The summed E-state index contributed by atoms with van der Waals surface area (Å²) in [5, 5.41) is 3.93. The third-order valence-electron chi connectivity index (χ3n) is 2.74. The molecule has 0 spiro atoms. The topological polar surface area (TPSA) is 77.0 Å². The van der Waals surface area contributed by atoms with Crippen LogP contribution in [0.15, 0.2) is 41.2 Å². The number of ether oxygens (including phenoxy) is 2. The van der Waals surface area contributed by atoms with Gasteiger partial charge in [0.25, 0.3) is 0 Å². The van der Waals surface area contributed by atoms with E-state index in [1.165, 1.54) is 12.5 Å². The van der Waals surface area contributed by atoms with Crippen LogP contribution in [-0.2, 0) is 14.3 Å². The summed E-state index contributed by atoms with van der Waals surface area (Å²) in [6, 6.07) is 7.48. The van der Waals surface area contributed by atoms with E-state index < -0.39 is 0 Å². The van der Waals surface area contributed by atoms with Gasteiger partial charge in [-0.2, -0.15) is 5.10 Å². The third-order valence-corrected chi connectivity index (χ3v) is 2.74. The first-order valence-electron chi connectivity index (χ1n) is 8.28. The number of Topliss-reactive ketones (excluding diaryl/α,β-unsaturated/α-hetero) is 1. The Bertz CT molecular complexity index is 586. The molecular formula is C20H32N2O4. The van der Waals surface area contributed by atoms with Crippen LogP contribution in [0.3, 0.4) is 0 Å². The van der Waals surface area contributed by atoms with Crippen molar-refractivity contribution in [3.8, 4) is 5.75 Å². The lowest BCUT2D eigenvalue weighted by molar-refractivity contribution is -0.119. The van der Waals surface area contributed by atoms with Gasteiger partial charge in [-0.05, 0) is 63.1 Å². The molecule has 0 aliphatic rings. The van der Waals surface area contributed by atoms with Gasteiger partial charge >= 0.3 is 0 Å². The smallest absolute Gasteiger partial charge is 0.236 e. The highest BCUT2D eigenvalue weighted by atomic mass is 16.5. The summed E-state index contributed by atoms with van der Waals surface area (Å²) < 4.78 is 9.68. The van der Waals surface area contributed by atoms with Crippen molar-refractivity contribution in [2.24, 2.45) is 5.10 Å². The number of nitrogens with zero attached hydrogens (tertiary/aromatic N) is 1. The molecule has 0 atom stereocenters. The Morgan fingerprint density at radius 1 is 1.04 bits per heavy atom. The van der Waals surface area contributed by atoms with Crippen molar-refractivity contribution in [2.75, 3.05) is 14.2 Å². The number of rotatable bonds is 5. The van der Waals surface area contributed by atoms with Crippen LogP contribution in [0.1, 0.15) is 53.5 Å². The number of methoxy groups -OCH3 is 2. The number of ketones is 1. The molecule has 6 heteroatoms. The second kappa shape index (κ2) is 15.9. The van der Waals surface area contributed by atoms with Gasteiger partial charge in [0.2, 0.25) is 5.91 Å². The first-order valence-corrected chi connectivity index (χ1v) is 8.28. The van der Waals surface area contributed by atoms with Crippen molar-refractivity contribution < 1.29 is 19.1 Å². The van der Waals surface area contributed by atoms with E-state index >= 15 is 0 Å². The lowest BCUT2D eigenvalue weighted by Crippen LogP contribution is -2.14. The van der Waals surface area contributed by atoms with Gasteiger partial charge in [0.05, 0.1) is 26.2 Å². The number of hydrogen-bond donors (Lipinski definition) is 1. The van der Waals surface area contributed by atoms with Gasteiger partial charge in [-0.3, -0.25) is 4.79 Å². The first kappa shape index (κ1) is 25.6. The molecule has 1 amide bonds. The van der Waals surface area contributed by atoms with Crippen LogP contribution in [0.4, 0.5) is 0 Å². The lowest BCUT2D eigenvalue weighted by atomic mass is 10.1. The fraction of sp³-hybridized carbons (Fsp3) is 0.450. The van der Waals surface area contributed by atoms with Crippen LogP contribution >= 0.6 is 0 Å². The van der Waals surface area contributed by atoms with E-state index in [1.54, 1.807) is 27.4 Å². The molecule has 0 aromatic heterocycles. The average Bonchev–Trinajstić information content (AvgIpc) is 2.60. The van der Waals surface area contributed by atoms with Gasteiger partial charge in [0.15, 0.2) is 0 Å². The lowest BCUT2D eigenvalue weighted by Gasteiger charge is -2.03. The summed E-state index contributed by atoms with van der Waals surface area (Å²) in [6.45, 7) is 10.7. The van der Waals surface area contributed by atoms with Crippen molar-refractivity contribution >= 4 is 17.4 Å². The van der Waals surface area contributed by atoms with Crippen LogP contribution in [-0.4, -0.2) is 31.6 Å². The molecule has 146 valence electrons. The first-order chi connectivity index (χ1) is 12.2. The standard InChI is InChI=1S/C11H14N2O2.C5H10O.C4H8O/c1-8(12-13-9(2)14)10-4-6-11(15-3)7-5-10;1-5(2)4-6-3;1-3-4(2)5/h4-7H,1-3H3,(H,13,14);4H,1-3H3;3H2,1-2H3/b12-8+;;. The summed E-state index contributed by atoms with van der Waals surface area (Å²) in [5.74, 6) is 0.874. The summed E-state index contributed by atoms with van der Waals surface area (Å²) in [5.41, 5.74) is 5.29. The molecular weight excluding hydrogens is 332 g/mol. The molecule has 0 fully saturated rings. The molecule has 0 radical (unpaired) electrons. The highest BCUT2D eigenvalue weighted by Gasteiger charge is 1.98. The fourth-order valence-electron chi connectivity index (χ4n) is 1.30. The van der Waals surface area contributed by atoms with E-state index in [4.69, 9.17) is 4.74 Å². The second-order valence-corrected chi connectivity index (χ2v) is 5.58. The van der Waals surface area contributed by atoms with E-state index in [0.29, 0.717) is 6.42 Å². The van der Waals surface area contributed by atoms with E-state index in [0.717, 1.165) is 17.0 Å². The highest BCUT2D eigenvalue weighted by Crippen LogP contribution is 2.11. The Hall–Kier alpha value is -2.63. The van der Waals surface area contributed by atoms with Gasteiger partial charge in [-0.25, -0.2) is 5.43 Å². The maximum absolute atomic E-state index is 10.6. The fourth-order valence-corrected chi connectivity index (χ4v) is 1.30. The molecule has 0 aliphatic heterocycles. The zero-order valence-electron chi connectivity index (χ0n) is 17.2. The van der Waals surface area contributed by atoms with Gasteiger partial charge < -0.3 is 14.3 Å². The minimum Gasteiger partial charge on any atom is -0.504 e. The van der Waals surface area contributed by atoms with Gasteiger partial charge in [0.1, 0.15) is 11.5 Å². The number of hydrogen-bond acceptors (Lipinski definition) is 5. The number of carbonyl (C=O) groups is 2. The molecule has 26 heavy (non-hydrogen) atoms. The number of hydrazone groups is 1. The van der Waals surface area contributed by atoms with E-state index in [1.807, 2.05) is 52.0 Å². The molecule has 6 nitrogen and oxygen atoms in total. The normalized spacial score (nSPS) is 9.46. The van der Waals surface area contributed by atoms with E-state index in [2.05, 4.69) is 15.3 Å². The molecule has 0 bridgehead atoms. The van der Waals surface area contributed by atoms with Crippen LogP contribution in [0, 0.1) is 0 Å². The molecule has 0 saturated carbocycles. The van der Waals surface area contributed by atoms with Crippen molar-refractivity contribution in [2.45, 2.75) is 48.0 Å². The average molecular weight is 364 g/mol. The molecule has 0 aliphatic carbocycles. The molecule has 1 rings (SSSR count). The number of carbonyl (C=O) groups excluding carboxylic acids is 2. The van der Waals surface area contributed by atoms with Crippen molar-refractivity contribution in [3.63, 3.8) is 0 Å². The predicted octanol–water partition coefficient (Wildman–Crippen LogP) is 4.10. The zero-order valence-corrected chi connectivity index (χ0v) is 17.2.